The number of para-hydroxylation sites is 2. The third-order valence-electron chi connectivity index (χ3n) is 3.96. The highest BCUT2D eigenvalue weighted by molar-refractivity contribution is 8.08. The van der Waals surface area contributed by atoms with E-state index in [0.29, 0.717) is 0 Å². The van der Waals surface area contributed by atoms with Gasteiger partial charge in [0.25, 0.3) is 0 Å². The van der Waals surface area contributed by atoms with E-state index in [1.807, 2.05) is 0 Å². The molecule has 0 aromatic heterocycles. The molecule has 0 amide bonds. The molecule has 0 saturated carbocycles. The first-order valence-corrected chi connectivity index (χ1v) is 10.4. The maximum absolute atomic E-state index is 13.6. The monoisotopic (exact) mass is 399 g/mol. The number of hydrogen-bond donors (Lipinski definition) is 0. The van der Waals surface area contributed by atoms with E-state index in [2.05, 4.69) is 4.99 Å². The van der Waals surface area contributed by atoms with Gasteiger partial charge in [-0.1, -0.05) is 12.1 Å². The maximum atomic E-state index is 13.6. The Hall–Kier alpha value is -2.00. The predicted molar refractivity (Wildman–Crippen MR) is 93.5 cm³/mol. The van der Waals surface area contributed by atoms with Gasteiger partial charge in [0.2, 0.25) is 0 Å². The summed E-state index contributed by atoms with van der Waals surface area (Å²) in [5.41, 5.74) is -1.51. The Morgan fingerprint density at radius 2 is 1.88 bits per heavy atom. The molecule has 1 saturated heterocycles. The van der Waals surface area contributed by atoms with Crippen LogP contribution in [-0.2, 0) is 9.84 Å². The predicted octanol–water partition coefficient (Wildman–Crippen LogP) is 4.36. The lowest BCUT2D eigenvalue weighted by Crippen LogP contribution is -2.24. The lowest BCUT2D eigenvalue weighted by atomic mass is 10.1. The Labute approximate surface area is 152 Å². The van der Waals surface area contributed by atoms with E-state index < -0.39 is 21.7 Å². The summed E-state index contributed by atoms with van der Waals surface area (Å²) < 4.78 is 71.3. The number of alkyl halides is 3. The van der Waals surface area contributed by atoms with Crippen LogP contribution in [0.25, 0.3) is 0 Å². The summed E-state index contributed by atoms with van der Waals surface area (Å²) in [6.07, 6.45) is -4.76. The molecule has 2 aliphatic heterocycles. The molecule has 2 heterocycles. The van der Waals surface area contributed by atoms with Crippen molar-refractivity contribution in [3.05, 3.63) is 48.0 Å². The Balaban J connectivity index is 1.87. The normalized spacial score (nSPS) is 18.9. The largest absolute Gasteiger partial charge is 0.454 e. The lowest BCUT2D eigenvalue weighted by molar-refractivity contribution is -0.0580. The fourth-order valence-corrected chi connectivity index (χ4v) is 5.33. The molecule has 136 valence electrons. The molecular formula is C17H12F3NO3S2. The molecule has 0 aliphatic carbocycles. The van der Waals surface area contributed by atoms with Gasteiger partial charge in [0, 0.05) is 16.6 Å². The van der Waals surface area contributed by atoms with E-state index in [1.54, 1.807) is 12.1 Å². The summed E-state index contributed by atoms with van der Waals surface area (Å²) in [5, 5.41) is 0.00932. The number of fused-ring (bicyclic) bond motifs is 2. The van der Waals surface area contributed by atoms with Gasteiger partial charge in [0.1, 0.15) is 11.4 Å². The van der Waals surface area contributed by atoms with Crippen LogP contribution >= 0.6 is 11.8 Å². The highest BCUT2D eigenvalue weighted by Crippen LogP contribution is 2.42. The first-order chi connectivity index (χ1) is 12.2. The van der Waals surface area contributed by atoms with E-state index in [9.17, 15) is 21.6 Å². The van der Waals surface area contributed by atoms with Crippen molar-refractivity contribution in [2.24, 2.45) is 4.99 Å². The fourth-order valence-electron chi connectivity index (χ4n) is 2.63. The number of benzene rings is 2. The Morgan fingerprint density at radius 1 is 1.15 bits per heavy atom. The number of hydrogen-bond acceptors (Lipinski definition) is 5. The molecule has 9 heteroatoms. The molecule has 2 aromatic carbocycles. The summed E-state index contributed by atoms with van der Waals surface area (Å²) in [7, 11) is -3.68. The smallest absolute Gasteiger partial charge is 0.434 e. The van der Waals surface area contributed by atoms with Crippen LogP contribution in [0.5, 0.6) is 11.5 Å². The summed E-state index contributed by atoms with van der Waals surface area (Å²) >= 11 is 1.51. The second-order valence-corrected chi connectivity index (χ2v) is 9.29. The third-order valence-corrected chi connectivity index (χ3v) is 6.95. The van der Waals surface area contributed by atoms with Crippen LogP contribution in [0.1, 0.15) is 5.56 Å². The van der Waals surface area contributed by atoms with Gasteiger partial charge in [-0.05, 0) is 30.3 Å². The van der Waals surface area contributed by atoms with Crippen LogP contribution in [0.15, 0.2) is 52.4 Å². The van der Waals surface area contributed by atoms with Crippen LogP contribution in [0.2, 0.25) is 0 Å². The first kappa shape index (κ1) is 17.4. The van der Waals surface area contributed by atoms with Crippen molar-refractivity contribution in [3.8, 4) is 11.5 Å². The fraction of sp³-hybridized carbons (Fsp3) is 0.235. The molecule has 1 atom stereocenters. The molecular weight excluding hydrogens is 387 g/mol. The van der Waals surface area contributed by atoms with Gasteiger partial charge >= 0.3 is 6.18 Å². The van der Waals surface area contributed by atoms with E-state index in [1.165, 1.54) is 36.0 Å². The van der Waals surface area contributed by atoms with E-state index >= 15 is 0 Å². The van der Waals surface area contributed by atoms with Crippen LogP contribution in [0.3, 0.4) is 0 Å². The second kappa shape index (κ2) is 6.02. The summed E-state index contributed by atoms with van der Waals surface area (Å²) in [6.45, 7) is 0. The van der Waals surface area contributed by atoms with Crippen molar-refractivity contribution in [2.45, 2.75) is 16.3 Å². The summed E-state index contributed by atoms with van der Waals surface area (Å²) in [6, 6.07) is 9.65. The number of halogens is 3. The molecule has 4 nitrogen and oxygen atoms in total. The number of aliphatic imine (C=N–C) groups is 1. The average Bonchev–Trinajstić information content (AvgIpc) is 3.37. The molecule has 0 radical (unpaired) electrons. The Kier molecular flexibility index (Phi) is 4.03. The van der Waals surface area contributed by atoms with Crippen LogP contribution in [0.4, 0.5) is 18.9 Å². The molecule has 2 aromatic rings. The standard InChI is InChI=1S/C17H12F3NO3S2/c18-17(19,20)16-12-7-11(26(22,23)9-10-8-25-10)5-6-14(12)24-15-4-2-1-3-13(15)21-16/h1-7,10H,8-9H2. The third kappa shape index (κ3) is 3.33. The van der Waals surface area contributed by atoms with Crippen molar-refractivity contribution in [2.75, 3.05) is 11.5 Å². The summed E-state index contributed by atoms with van der Waals surface area (Å²) in [4.78, 5) is 3.56. The van der Waals surface area contributed by atoms with Gasteiger partial charge in [-0.2, -0.15) is 24.9 Å². The first-order valence-electron chi connectivity index (χ1n) is 7.65. The number of thioether (sulfide) groups is 1. The van der Waals surface area contributed by atoms with Crippen molar-refractivity contribution in [1.29, 1.82) is 0 Å². The molecule has 26 heavy (non-hydrogen) atoms. The van der Waals surface area contributed by atoms with Crippen LogP contribution in [0, 0.1) is 0 Å². The zero-order valence-corrected chi connectivity index (χ0v) is 14.8. The number of rotatable bonds is 3. The zero-order valence-electron chi connectivity index (χ0n) is 13.2. The van der Waals surface area contributed by atoms with Gasteiger partial charge in [-0.15, -0.1) is 0 Å². The molecule has 0 bridgehead atoms. The van der Waals surface area contributed by atoms with Gasteiger partial charge in [-0.25, -0.2) is 13.4 Å². The average molecular weight is 399 g/mol. The van der Waals surface area contributed by atoms with E-state index in [4.69, 9.17) is 4.74 Å². The highest BCUT2D eigenvalue weighted by atomic mass is 32.2. The van der Waals surface area contributed by atoms with Crippen molar-refractivity contribution in [3.63, 3.8) is 0 Å². The Morgan fingerprint density at radius 3 is 2.58 bits per heavy atom. The van der Waals surface area contributed by atoms with Crippen molar-refractivity contribution < 1.29 is 26.3 Å². The molecule has 0 N–H and O–H groups in total. The molecule has 0 spiro atoms. The maximum Gasteiger partial charge on any atom is 0.434 e. The van der Waals surface area contributed by atoms with E-state index in [0.717, 1.165) is 11.8 Å². The lowest BCUT2D eigenvalue weighted by Gasteiger charge is -2.14. The SMILES string of the molecule is O=S(=O)(CC1CS1)c1ccc2c(c1)C(C(F)(F)F)=Nc1ccccc1O2. The van der Waals surface area contributed by atoms with E-state index in [-0.39, 0.29) is 38.6 Å². The molecule has 2 aliphatic rings. The summed E-state index contributed by atoms with van der Waals surface area (Å²) in [5.74, 6) is 0.761. The van der Waals surface area contributed by atoms with Crippen molar-refractivity contribution in [1.82, 2.24) is 0 Å². The molecule has 4 rings (SSSR count). The second-order valence-electron chi connectivity index (χ2n) is 5.92. The number of nitrogens with zero attached hydrogens (tertiary/aromatic N) is 1. The van der Waals surface area contributed by atoms with Crippen LogP contribution in [-0.4, -0.2) is 37.1 Å². The van der Waals surface area contributed by atoms with Crippen LogP contribution < -0.4 is 4.74 Å². The minimum absolute atomic E-state index is 0.00932. The number of ether oxygens (including phenoxy) is 1. The quantitative estimate of drug-likeness (QED) is 0.720. The number of sulfone groups is 1. The molecule has 1 unspecified atom stereocenters. The van der Waals surface area contributed by atoms with Gasteiger partial charge in [0.05, 0.1) is 10.6 Å². The van der Waals surface area contributed by atoms with Gasteiger partial charge < -0.3 is 4.74 Å². The topological polar surface area (TPSA) is 55.7 Å². The van der Waals surface area contributed by atoms with Gasteiger partial charge in [0.15, 0.2) is 21.3 Å². The molecule has 1 fully saturated rings. The Bertz CT molecular complexity index is 1010. The van der Waals surface area contributed by atoms with Crippen molar-refractivity contribution >= 4 is 33.0 Å². The van der Waals surface area contributed by atoms with Gasteiger partial charge in [-0.3, -0.25) is 0 Å². The zero-order chi connectivity index (χ0) is 18.5. The highest BCUT2D eigenvalue weighted by Gasteiger charge is 2.40. The minimum Gasteiger partial charge on any atom is -0.454 e. The minimum atomic E-state index is -4.76.